The van der Waals surface area contributed by atoms with Gasteiger partial charge in [-0.2, -0.15) is 12.6 Å². The molecule has 0 saturated heterocycles. The predicted molar refractivity (Wildman–Crippen MR) is 108 cm³/mol. The van der Waals surface area contributed by atoms with Crippen LogP contribution in [0.25, 0.3) is 0 Å². The minimum absolute atomic E-state index is 0.142. The van der Waals surface area contributed by atoms with E-state index >= 15 is 0 Å². The maximum absolute atomic E-state index is 12.5. The lowest BCUT2D eigenvalue weighted by atomic mass is 10.1. The van der Waals surface area contributed by atoms with Crippen molar-refractivity contribution in [2.75, 3.05) is 5.75 Å². The molecule has 0 aromatic carbocycles. The molecule has 0 heterocycles. The zero-order valence-electron chi connectivity index (χ0n) is 16.4. The van der Waals surface area contributed by atoms with Gasteiger partial charge in [0.1, 0.15) is 18.1 Å². The number of aliphatic carboxylic acids is 1. The number of rotatable bonds is 14. The summed E-state index contributed by atoms with van der Waals surface area (Å²) in [7, 11) is 0. The van der Waals surface area contributed by atoms with Crippen LogP contribution in [0, 0.1) is 0 Å². The number of carboxylic acid groups (broad SMARTS) is 1. The average Bonchev–Trinajstić information content (AvgIpc) is 2.64. The van der Waals surface area contributed by atoms with E-state index in [4.69, 9.17) is 22.3 Å². The topological polar surface area (TPSA) is 237 Å². The summed E-state index contributed by atoms with van der Waals surface area (Å²) in [5, 5.41) is 16.0. The molecule has 0 bridgehead atoms. The lowest BCUT2D eigenvalue weighted by Crippen LogP contribution is -2.57. The summed E-state index contributed by atoms with van der Waals surface area (Å²) in [6.07, 6.45) is -0.872. The fourth-order valence-electron chi connectivity index (χ4n) is 2.14. The van der Waals surface area contributed by atoms with E-state index in [0.717, 1.165) is 0 Å². The van der Waals surface area contributed by atoms with E-state index in [1.807, 2.05) is 0 Å². The van der Waals surface area contributed by atoms with Gasteiger partial charge in [0.05, 0.1) is 6.04 Å². The smallest absolute Gasteiger partial charge is 0.326 e. The highest BCUT2D eigenvalue weighted by molar-refractivity contribution is 7.80. The van der Waals surface area contributed by atoms with Gasteiger partial charge in [0.2, 0.25) is 29.5 Å². The van der Waals surface area contributed by atoms with Crippen LogP contribution in [0.2, 0.25) is 0 Å². The number of hydrogen-bond acceptors (Lipinski definition) is 8. The summed E-state index contributed by atoms with van der Waals surface area (Å²) in [4.78, 5) is 69.8. The second kappa shape index (κ2) is 13.4. The highest BCUT2D eigenvalue weighted by Gasteiger charge is 2.29. The zero-order valence-corrected chi connectivity index (χ0v) is 17.3. The normalized spacial score (nSPS) is 14.5. The van der Waals surface area contributed by atoms with Crippen LogP contribution >= 0.6 is 12.6 Å². The molecule has 0 aromatic heterocycles. The van der Waals surface area contributed by atoms with Crippen molar-refractivity contribution in [1.82, 2.24) is 16.0 Å². The monoisotopic (exact) mass is 448 g/mol. The molecule has 0 fully saturated rings. The maximum Gasteiger partial charge on any atom is 0.326 e. The maximum atomic E-state index is 12.5. The molecule has 5 amide bonds. The summed E-state index contributed by atoms with van der Waals surface area (Å²) in [6.45, 7) is 1.39. The Bertz CT molecular complexity index is 672. The molecule has 0 aliphatic carbocycles. The first-order valence-electron chi connectivity index (χ1n) is 8.96. The van der Waals surface area contributed by atoms with E-state index < -0.39 is 59.7 Å². The Morgan fingerprint density at radius 1 is 0.800 bits per heavy atom. The van der Waals surface area contributed by atoms with Crippen LogP contribution in [0.4, 0.5) is 0 Å². The van der Waals surface area contributed by atoms with E-state index in [9.17, 15) is 28.8 Å². The van der Waals surface area contributed by atoms with E-state index in [-0.39, 0.29) is 31.4 Å². The Hall–Kier alpha value is -2.87. The van der Waals surface area contributed by atoms with Crippen LogP contribution in [0.5, 0.6) is 0 Å². The van der Waals surface area contributed by atoms with Crippen molar-refractivity contribution >= 4 is 48.1 Å². The van der Waals surface area contributed by atoms with Crippen molar-refractivity contribution in [3.05, 3.63) is 0 Å². The number of thiol groups is 1. The van der Waals surface area contributed by atoms with Gasteiger partial charge in [0, 0.05) is 18.6 Å². The fourth-order valence-corrected chi connectivity index (χ4v) is 2.40. The molecule has 0 aliphatic heterocycles. The van der Waals surface area contributed by atoms with E-state index in [1.165, 1.54) is 6.92 Å². The van der Waals surface area contributed by atoms with Crippen molar-refractivity contribution < 1.29 is 33.9 Å². The molecule has 0 aromatic rings. The average molecular weight is 449 g/mol. The second-order valence-electron chi connectivity index (χ2n) is 6.50. The Morgan fingerprint density at radius 2 is 1.20 bits per heavy atom. The molecule has 0 aliphatic rings. The first-order chi connectivity index (χ1) is 13.9. The summed E-state index contributed by atoms with van der Waals surface area (Å²) in [5.74, 6) is -5.39. The van der Waals surface area contributed by atoms with Crippen LogP contribution in [0.3, 0.4) is 0 Å². The van der Waals surface area contributed by atoms with Gasteiger partial charge in [0.25, 0.3) is 0 Å². The number of carboxylic acids is 1. The van der Waals surface area contributed by atoms with E-state index in [0.29, 0.717) is 0 Å². The lowest BCUT2D eigenvalue weighted by molar-refractivity contribution is -0.142. The molecule has 0 saturated carbocycles. The third-order valence-corrected chi connectivity index (χ3v) is 4.20. The molecule has 0 rings (SSSR count). The summed E-state index contributed by atoms with van der Waals surface area (Å²) in [6, 6.07) is -4.82. The molecule has 10 N–H and O–H groups in total. The molecule has 13 nitrogen and oxygen atoms in total. The van der Waals surface area contributed by atoms with Crippen LogP contribution in [-0.4, -0.2) is 70.5 Å². The number of amides is 5. The van der Waals surface area contributed by atoms with Gasteiger partial charge in [-0.1, -0.05) is 0 Å². The molecular weight excluding hydrogens is 420 g/mol. The molecule has 170 valence electrons. The van der Waals surface area contributed by atoms with Gasteiger partial charge in [-0.15, -0.1) is 0 Å². The van der Waals surface area contributed by atoms with Crippen molar-refractivity contribution in [1.29, 1.82) is 0 Å². The number of hydrogen-bond donors (Lipinski definition) is 8. The van der Waals surface area contributed by atoms with Crippen LogP contribution < -0.4 is 33.2 Å². The number of nitrogens with two attached hydrogens (primary N) is 3. The minimum Gasteiger partial charge on any atom is -0.480 e. The number of nitrogens with one attached hydrogen (secondary N) is 3. The molecule has 14 heteroatoms. The SMILES string of the molecule is CC(N)C(=O)NC(CCC(N)=O)C(=O)NC(CS)C(=O)NC(CCC(N)=O)C(=O)O. The molecular formula is C16H28N6O7S. The first-order valence-corrected chi connectivity index (χ1v) is 9.59. The molecule has 4 unspecified atom stereocenters. The van der Waals surface area contributed by atoms with Crippen LogP contribution in [0.1, 0.15) is 32.6 Å². The van der Waals surface area contributed by atoms with Crippen molar-refractivity contribution in [2.45, 2.75) is 56.8 Å². The minimum atomic E-state index is -1.41. The Kier molecular flexibility index (Phi) is 12.1. The molecule has 0 radical (unpaired) electrons. The fraction of sp³-hybridized carbons (Fsp3) is 0.625. The van der Waals surface area contributed by atoms with Gasteiger partial charge in [0.15, 0.2) is 0 Å². The van der Waals surface area contributed by atoms with E-state index in [1.54, 1.807) is 0 Å². The largest absolute Gasteiger partial charge is 0.480 e. The quantitative estimate of drug-likeness (QED) is 0.123. The lowest BCUT2D eigenvalue weighted by Gasteiger charge is -2.24. The Balaban J connectivity index is 5.18. The van der Waals surface area contributed by atoms with Gasteiger partial charge < -0.3 is 38.3 Å². The van der Waals surface area contributed by atoms with Gasteiger partial charge in [-0.3, -0.25) is 24.0 Å². The van der Waals surface area contributed by atoms with Crippen LogP contribution in [-0.2, 0) is 28.8 Å². The standard InChI is InChI=1S/C16H28N6O7S/c1-7(17)13(25)20-8(2-4-11(18)23)14(26)22-10(6-30)15(27)21-9(16(28)29)3-5-12(19)24/h7-10,30H,2-6,17H2,1H3,(H2,18,23)(H2,19,24)(H,20,25)(H,21,27)(H,22,26)(H,28,29). The molecule has 0 spiro atoms. The van der Waals surface area contributed by atoms with Crippen molar-refractivity contribution in [3.63, 3.8) is 0 Å². The number of primary amides is 2. The summed E-state index contributed by atoms with van der Waals surface area (Å²) in [5.41, 5.74) is 15.5. The van der Waals surface area contributed by atoms with Crippen LogP contribution in [0.15, 0.2) is 0 Å². The van der Waals surface area contributed by atoms with Gasteiger partial charge in [-0.25, -0.2) is 4.79 Å². The first kappa shape index (κ1) is 27.1. The highest BCUT2D eigenvalue weighted by atomic mass is 32.1. The van der Waals surface area contributed by atoms with Crippen molar-refractivity contribution in [3.8, 4) is 0 Å². The zero-order chi connectivity index (χ0) is 23.4. The highest BCUT2D eigenvalue weighted by Crippen LogP contribution is 2.02. The summed E-state index contributed by atoms with van der Waals surface area (Å²) >= 11 is 3.97. The third-order valence-electron chi connectivity index (χ3n) is 3.84. The molecule has 4 atom stereocenters. The van der Waals surface area contributed by atoms with Gasteiger partial charge >= 0.3 is 5.97 Å². The summed E-state index contributed by atoms with van der Waals surface area (Å²) < 4.78 is 0. The van der Waals surface area contributed by atoms with Gasteiger partial charge in [-0.05, 0) is 19.8 Å². The Morgan fingerprint density at radius 3 is 1.60 bits per heavy atom. The number of carbonyl (C=O) groups excluding carboxylic acids is 5. The predicted octanol–water partition coefficient (Wildman–Crippen LogP) is -3.67. The molecule has 30 heavy (non-hydrogen) atoms. The van der Waals surface area contributed by atoms with E-state index in [2.05, 4.69) is 28.6 Å². The Labute approximate surface area is 178 Å². The second-order valence-corrected chi connectivity index (χ2v) is 6.87. The third kappa shape index (κ3) is 10.6. The van der Waals surface area contributed by atoms with Crippen molar-refractivity contribution in [2.24, 2.45) is 17.2 Å². The number of carbonyl (C=O) groups is 6.